The van der Waals surface area contributed by atoms with Gasteiger partial charge in [-0.15, -0.1) is 0 Å². The number of anilines is 2. The summed E-state index contributed by atoms with van der Waals surface area (Å²) in [7, 11) is -3.57. The van der Waals surface area contributed by atoms with Crippen LogP contribution >= 0.6 is 0 Å². The van der Waals surface area contributed by atoms with Gasteiger partial charge in [-0.3, -0.25) is 9.10 Å². The molecule has 8 heteroatoms. The lowest BCUT2D eigenvalue weighted by atomic mass is 10.1. The minimum atomic E-state index is -3.57. The molecule has 0 aliphatic heterocycles. The largest absolute Gasteiger partial charge is 0.484 e. The third-order valence-electron chi connectivity index (χ3n) is 4.80. The molecule has 3 rings (SSSR count). The Kier molecular flexibility index (Phi) is 7.15. The first kappa shape index (κ1) is 23.3. The van der Waals surface area contributed by atoms with Gasteiger partial charge in [-0.05, 0) is 73.0 Å². The van der Waals surface area contributed by atoms with Crippen molar-refractivity contribution in [1.82, 2.24) is 0 Å². The van der Waals surface area contributed by atoms with E-state index in [1.165, 1.54) is 16.4 Å². The van der Waals surface area contributed by atoms with Crippen LogP contribution in [0.3, 0.4) is 0 Å². The van der Waals surface area contributed by atoms with E-state index in [1.54, 1.807) is 36.4 Å². The SMILES string of the molecule is Cc1ccc(C)c(NC(=O)COc2ccc(N(Cc3ccc(F)cc3)S(C)(=O)=O)cc2)c1. The van der Waals surface area contributed by atoms with Gasteiger partial charge in [-0.25, -0.2) is 12.8 Å². The maximum absolute atomic E-state index is 13.1. The van der Waals surface area contributed by atoms with Gasteiger partial charge in [0, 0.05) is 5.69 Å². The first-order valence-corrected chi connectivity index (χ1v) is 11.8. The Hall–Kier alpha value is -3.39. The number of ether oxygens (including phenoxy) is 1. The molecule has 0 aromatic heterocycles. The van der Waals surface area contributed by atoms with E-state index >= 15 is 0 Å². The topological polar surface area (TPSA) is 75.7 Å². The fourth-order valence-electron chi connectivity index (χ4n) is 3.07. The molecule has 0 atom stereocenters. The number of aryl methyl sites for hydroxylation is 2. The first-order valence-electron chi connectivity index (χ1n) is 9.94. The fourth-order valence-corrected chi connectivity index (χ4v) is 3.96. The maximum Gasteiger partial charge on any atom is 0.262 e. The minimum absolute atomic E-state index is 0.0670. The van der Waals surface area contributed by atoms with Gasteiger partial charge in [0.05, 0.1) is 18.5 Å². The van der Waals surface area contributed by atoms with Crippen LogP contribution in [-0.4, -0.2) is 27.2 Å². The Bertz CT molecular complexity index is 1190. The summed E-state index contributed by atoms with van der Waals surface area (Å²) in [6.07, 6.45) is 1.11. The summed E-state index contributed by atoms with van der Waals surface area (Å²) in [5.74, 6) is -0.250. The van der Waals surface area contributed by atoms with Crippen LogP contribution in [0.25, 0.3) is 0 Å². The number of nitrogens with one attached hydrogen (secondary N) is 1. The van der Waals surface area contributed by atoms with E-state index in [1.807, 2.05) is 32.0 Å². The van der Waals surface area contributed by atoms with Gasteiger partial charge in [0.2, 0.25) is 10.0 Å². The highest BCUT2D eigenvalue weighted by Gasteiger charge is 2.18. The molecule has 0 saturated carbocycles. The van der Waals surface area contributed by atoms with E-state index in [0.29, 0.717) is 17.0 Å². The standard InChI is InChI=1S/C24H25FN2O4S/c1-17-4-5-18(2)23(14-17)26-24(28)16-31-22-12-10-21(11-13-22)27(32(3,29)30)15-19-6-8-20(25)9-7-19/h4-14H,15-16H2,1-3H3,(H,26,28). The third kappa shape index (κ3) is 6.31. The van der Waals surface area contributed by atoms with Gasteiger partial charge in [-0.1, -0.05) is 24.3 Å². The number of benzene rings is 3. The summed E-state index contributed by atoms with van der Waals surface area (Å²) < 4.78 is 44.5. The molecule has 0 saturated heterocycles. The average Bonchev–Trinajstić information content (AvgIpc) is 2.74. The predicted molar refractivity (Wildman–Crippen MR) is 124 cm³/mol. The summed E-state index contributed by atoms with van der Waals surface area (Å²) in [5.41, 5.74) is 3.82. The van der Waals surface area contributed by atoms with Crippen molar-refractivity contribution >= 4 is 27.3 Å². The number of carbonyl (C=O) groups excluding carboxylic acids is 1. The van der Waals surface area contributed by atoms with Crippen LogP contribution in [0.1, 0.15) is 16.7 Å². The fraction of sp³-hybridized carbons (Fsp3) is 0.208. The van der Waals surface area contributed by atoms with Crippen molar-refractivity contribution in [3.63, 3.8) is 0 Å². The molecule has 168 valence electrons. The molecule has 0 spiro atoms. The summed E-state index contributed by atoms with van der Waals surface area (Å²) in [6, 6.07) is 17.9. The Morgan fingerprint density at radius 2 is 1.66 bits per heavy atom. The maximum atomic E-state index is 13.1. The zero-order valence-electron chi connectivity index (χ0n) is 18.1. The van der Waals surface area contributed by atoms with Crippen molar-refractivity contribution in [1.29, 1.82) is 0 Å². The summed E-state index contributed by atoms with van der Waals surface area (Å²) in [5, 5.41) is 2.82. The van der Waals surface area contributed by atoms with Gasteiger partial charge in [0.1, 0.15) is 11.6 Å². The van der Waals surface area contributed by atoms with Crippen LogP contribution in [0.4, 0.5) is 15.8 Å². The molecular weight excluding hydrogens is 431 g/mol. The van der Waals surface area contributed by atoms with Crippen LogP contribution in [0, 0.1) is 19.7 Å². The zero-order valence-corrected chi connectivity index (χ0v) is 18.9. The highest BCUT2D eigenvalue weighted by Crippen LogP contribution is 2.24. The molecule has 0 heterocycles. The van der Waals surface area contributed by atoms with Crippen molar-refractivity contribution in [3.8, 4) is 5.75 Å². The van der Waals surface area contributed by atoms with Crippen LogP contribution in [0.2, 0.25) is 0 Å². The lowest BCUT2D eigenvalue weighted by Gasteiger charge is -2.23. The van der Waals surface area contributed by atoms with Crippen molar-refractivity contribution in [3.05, 3.63) is 89.2 Å². The number of hydrogen-bond acceptors (Lipinski definition) is 4. The van der Waals surface area contributed by atoms with Crippen molar-refractivity contribution in [2.75, 3.05) is 22.5 Å². The van der Waals surface area contributed by atoms with Crippen molar-refractivity contribution < 1.29 is 22.3 Å². The molecule has 0 aliphatic carbocycles. The zero-order chi connectivity index (χ0) is 23.3. The second-order valence-corrected chi connectivity index (χ2v) is 9.45. The van der Waals surface area contributed by atoms with Gasteiger partial charge in [0.25, 0.3) is 5.91 Å². The molecule has 0 unspecified atom stereocenters. The minimum Gasteiger partial charge on any atom is -0.484 e. The Balaban J connectivity index is 1.65. The number of rotatable bonds is 8. The molecule has 0 bridgehead atoms. The van der Waals surface area contributed by atoms with Gasteiger partial charge in [-0.2, -0.15) is 0 Å². The number of nitrogens with zero attached hydrogens (tertiary/aromatic N) is 1. The predicted octanol–water partition coefficient (Wildman–Crippen LogP) is 4.43. The van der Waals surface area contributed by atoms with Crippen LogP contribution in [0.15, 0.2) is 66.7 Å². The molecule has 6 nitrogen and oxygen atoms in total. The van der Waals surface area contributed by atoms with Crippen LogP contribution in [-0.2, 0) is 21.4 Å². The molecule has 3 aromatic carbocycles. The molecule has 0 aliphatic rings. The monoisotopic (exact) mass is 456 g/mol. The Morgan fingerprint density at radius 1 is 1.00 bits per heavy atom. The number of hydrogen-bond donors (Lipinski definition) is 1. The quantitative estimate of drug-likeness (QED) is 0.544. The van der Waals surface area contributed by atoms with E-state index in [0.717, 1.165) is 23.1 Å². The second kappa shape index (κ2) is 9.82. The molecule has 0 radical (unpaired) electrons. The molecule has 32 heavy (non-hydrogen) atoms. The molecule has 3 aromatic rings. The molecule has 1 amide bonds. The third-order valence-corrected chi connectivity index (χ3v) is 5.94. The number of halogens is 1. The van der Waals surface area contributed by atoms with Gasteiger partial charge < -0.3 is 10.1 Å². The molecule has 1 N–H and O–H groups in total. The Labute approximate surface area is 187 Å². The van der Waals surface area contributed by atoms with E-state index < -0.39 is 10.0 Å². The van der Waals surface area contributed by atoms with Crippen molar-refractivity contribution in [2.45, 2.75) is 20.4 Å². The smallest absolute Gasteiger partial charge is 0.262 e. The summed E-state index contributed by atoms with van der Waals surface area (Å²) in [4.78, 5) is 12.2. The molecular formula is C24H25FN2O4S. The highest BCUT2D eigenvalue weighted by atomic mass is 32.2. The summed E-state index contributed by atoms with van der Waals surface area (Å²) >= 11 is 0. The van der Waals surface area contributed by atoms with Crippen LogP contribution in [0.5, 0.6) is 5.75 Å². The first-order chi connectivity index (χ1) is 15.1. The van der Waals surface area contributed by atoms with Crippen molar-refractivity contribution in [2.24, 2.45) is 0 Å². The van der Waals surface area contributed by atoms with E-state index in [4.69, 9.17) is 4.74 Å². The Morgan fingerprint density at radius 3 is 2.28 bits per heavy atom. The molecule has 0 fully saturated rings. The van der Waals surface area contributed by atoms with E-state index in [2.05, 4.69) is 5.32 Å². The summed E-state index contributed by atoms with van der Waals surface area (Å²) in [6.45, 7) is 3.74. The van der Waals surface area contributed by atoms with Gasteiger partial charge >= 0.3 is 0 Å². The normalized spacial score (nSPS) is 11.1. The van der Waals surface area contributed by atoms with Gasteiger partial charge in [0.15, 0.2) is 6.61 Å². The average molecular weight is 457 g/mol. The van der Waals surface area contributed by atoms with Crippen LogP contribution < -0.4 is 14.4 Å². The lowest BCUT2D eigenvalue weighted by Crippen LogP contribution is -2.29. The van der Waals surface area contributed by atoms with E-state index in [9.17, 15) is 17.6 Å². The van der Waals surface area contributed by atoms with E-state index in [-0.39, 0.29) is 24.9 Å². The number of carbonyl (C=O) groups is 1. The highest BCUT2D eigenvalue weighted by molar-refractivity contribution is 7.92. The second-order valence-electron chi connectivity index (χ2n) is 7.55. The lowest BCUT2D eigenvalue weighted by molar-refractivity contribution is -0.118. The number of amides is 1. The number of sulfonamides is 1.